The maximum Gasteiger partial charge on any atom is 0.223 e. The third kappa shape index (κ3) is 3.60. The molecule has 1 aromatic rings. The van der Waals surface area contributed by atoms with Crippen LogP contribution in [0.3, 0.4) is 0 Å². The highest BCUT2D eigenvalue weighted by Gasteiger charge is 2.17. The first-order chi connectivity index (χ1) is 9.20. The first kappa shape index (κ1) is 13.7. The SMILES string of the molecule is COc1ccccc1CN(C)C(=O)C[C@H]1C=CCC1. The van der Waals surface area contributed by atoms with Crippen LogP contribution in [0.5, 0.6) is 5.75 Å². The lowest BCUT2D eigenvalue weighted by Gasteiger charge is -2.20. The highest BCUT2D eigenvalue weighted by molar-refractivity contribution is 5.76. The number of allylic oxidation sites excluding steroid dienone is 2. The van der Waals surface area contributed by atoms with Gasteiger partial charge in [0.25, 0.3) is 0 Å². The van der Waals surface area contributed by atoms with Crippen molar-refractivity contribution in [2.75, 3.05) is 14.2 Å². The molecule has 0 saturated carbocycles. The highest BCUT2D eigenvalue weighted by Crippen LogP contribution is 2.23. The van der Waals surface area contributed by atoms with Crippen molar-refractivity contribution in [3.63, 3.8) is 0 Å². The van der Waals surface area contributed by atoms with Crippen molar-refractivity contribution < 1.29 is 9.53 Å². The van der Waals surface area contributed by atoms with E-state index >= 15 is 0 Å². The molecular formula is C16H21NO2. The molecule has 0 N–H and O–H groups in total. The highest BCUT2D eigenvalue weighted by atomic mass is 16.5. The van der Waals surface area contributed by atoms with Crippen molar-refractivity contribution in [1.29, 1.82) is 0 Å². The lowest BCUT2D eigenvalue weighted by atomic mass is 10.0. The van der Waals surface area contributed by atoms with E-state index in [1.165, 1.54) is 0 Å². The molecule has 1 aromatic carbocycles. The summed E-state index contributed by atoms with van der Waals surface area (Å²) >= 11 is 0. The fourth-order valence-electron chi connectivity index (χ4n) is 2.42. The third-order valence-electron chi connectivity index (χ3n) is 3.57. The van der Waals surface area contributed by atoms with Gasteiger partial charge in [-0.05, 0) is 24.8 Å². The summed E-state index contributed by atoms with van der Waals surface area (Å²) in [6, 6.07) is 7.83. The van der Waals surface area contributed by atoms with Gasteiger partial charge in [0.15, 0.2) is 0 Å². The summed E-state index contributed by atoms with van der Waals surface area (Å²) < 4.78 is 5.31. The maximum atomic E-state index is 12.2. The van der Waals surface area contributed by atoms with Gasteiger partial charge in [-0.1, -0.05) is 30.4 Å². The molecule has 0 aromatic heterocycles. The Balaban J connectivity index is 1.94. The number of hydrogen-bond donors (Lipinski definition) is 0. The minimum Gasteiger partial charge on any atom is -0.496 e. The van der Waals surface area contributed by atoms with Crippen LogP contribution in [-0.4, -0.2) is 25.0 Å². The number of hydrogen-bond acceptors (Lipinski definition) is 2. The fraction of sp³-hybridized carbons (Fsp3) is 0.438. The number of rotatable bonds is 5. The van der Waals surface area contributed by atoms with Crippen molar-refractivity contribution in [3.05, 3.63) is 42.0 Å². The predicted octanol–water partition coefficient (Wildman–Crippen LogP) is 3.01. The van der Waals surface area contributed by atoms with Gasteiger partial charge >= 0.3 is 0 Å². The Kier molecular flexibility index (Phi) is 4.61. The minimum absolute atomic E-state index is 0.197. The summed E-state index contributed by atoms with van der Waals surface area (Å²) in [4.78, 5) is 13.9. The van der Waals surface area contributed by atoms with Gasteiger partial charge in [-0.25, -0.2) is 0 Å². The van der Waals surface area contributed by atoms with Gasteiger partial charge in [-0.3, -0.25) is 4.79 Å². The van der Waals surface area contributed by atoms with E-state index in [0.717, 1.165) is 24.2 Å². The summed E-state index contributed by atoms with van der Waals surface area (Å²) in [5.74, 6) is 1.46. The zero-order valence-electron chi connectivity index (χ0n) is 11.6. The Morgan fingerprint density at radius 1 is 1.42 bits per heavy atom. The zero-order chi connectivity index (χ0) is 13.7. The second-order valence-corrected chi connectivity index (χ2v) is 5.03. The van der Waals surface area contributed by atoms with E-state index in [1.807, 2.05) is 31.3 Å². The zero-order valence-corrected chi connectivity index (χ0v) is 11.6. The third-order valence-corrected chi connectivity index (χ3v) is 3.57. The summed E-state index contributed by atoms with van der Waals surface area (Å²) in [6.45, 7) is 0.597. The molecule has 0 fully saturated rings. The smallest absolute Gasteiger partial charge is 0.223 e. The quantitative estimate of drug-likeness (QED) is 0.761. The van der Waals surface area contributed by atoms with Crippen LogP contribution in [0, 0.1) is 5.92 Å². The number of carbonyl (C=O) groups is 1. The number of benzene rings is 1. The average molecular weight is 259 g/mol. The molecule has 0 spiro atoms. The molecule has 102 valence electrons. The lowest BCUT2D eigenvalue weighted by molar-refractivity contribution is -0.131. The molecule has 1 atom stereocenters. The predicted molar refractivity (Wildman–Crippen MR) is 75.9 cm³/mol. The minimum atomic E-state index is 0.197. The number of nitrogens with zero attached hydrogens (tertiary/aromatic N) is 1. The molecule has 0 radical (unpaired) electrons. The number of carbonyl (C=O) groups excluding carboxylic acids is 1. The van der Waals surface area contributed by atoms with E-state index < -0.39 is 0 Å². The number of ether oxygens (including phenoxy) is 1. The molecule has 2 rings (SSSR count). The summed E-state index contributed by atoms with van der Waals surface area (Å²) in [6.07, 6.45) is 7.15. The van der Waals surface area contributed by atoms with Crippen molar-refractivity contribution >= 4 is 5.91 Å². The van der Waals surface area contributed by atoms with Gasteiger partial charge in [0, 0.05) is 25.6 Å². The van der Waals surface area contributed by atoms with E-state index in [9.17, 15) is 4.79 Å². The molecule has 3 nitrogen and oxygen atoms in total. The first-order valence-electron chi connectivity index (χ1n) is 6.73. The molecule has 1 aliphatic carbocycles. The van der Waals surface area contributed by atoms with Crippen LogP contribution >= 0.6 is 0 Å². The summed E-state index contributed by atoms with van der Waals surface area (Å²) in [5, 5.41) is 0. The Labute approximate surface area is 114 Å². The van der Waals surface area contributed by atoms with Crippen molar-refractivity contribution in [1.82, 2.24) is 4.90 Å². The molecule has 0 unspecified atom stereocenters. The number of amides is 1. The molecule has 3 heteroatoms. The molecule has 1 amide bonds. The van der Waals surface area contributed by atoms with E-state index in [0.29, 0.717) is 18.9 Å². The van der Waals surface area contributed by atoms with Crippen LogP contribution in [0.15, 0.2) is 36.4 Å². The van der Waals surface area contributed by atoms with E-state index in [1.54, 1.807) is 12.0 Å². The largest absolute Gasteiger partial charge is 0.496 e. The van der Waals surface area contributed by atoms with Gasteiger partial charge in [0.1, 0.15) is 5.75 Å². The second-order valence-electron chi connectivity index (χ2n) is 5.03. The lowest BCUT2D eigenvalue weighted by Crippen LogP contribution is -2.27. The van der Waals surface area contributed by atoms with Gasteiger partial charge in [-0.15, -0.1) is 0 Å². The van der Waals surface area contributed by atoms with Gasteiger partial charge in [0.05, 0.1) is 7.11 Å². The van der Waals surface area contributed by atoms with Crippen LogP contribution in [0.1, 0.15) is 24.8 Å². The van der Waals surface area contributed by atoms with Crippen molar-refractivity contribution in [3.8, 4) is 5.75 Å². The molecule has 19 heavy (non-hydrogen) atoms. The van der Waals surface area contributed by atoms with Crippen molar-refractivity contribution in [2.45, 2.75) is 25.8 Å². The van der Waals surface area contributed by atoms with Crippen LogP contribution < -0.4 is 4.74 Å². The molecular weight excluding hydrogens is 238 g/mol. The summed E-state index contributed by atoms with van der Waals surface area (Å²) in [7, 11) is 3.51. The van der Waals surface area contributed by atoms with Crippen molar-refractivity contribution in [2.24, 2.45) is 5.92 Å². The molecule has 0 bridgehead atoms. The van der Waals surface area contributed by atoms with E-state index in [-0.39, 0.29) is 5.91 Å². The van der Waals surface area contributed by atoms with Crippen LogP contribution in [0.2, 0.25) is 0 Å². The Morgan fingerprint density at radius 2 is 2.21 bits per heavy atom. The van der Waals surface area contributed by atoms with Crippen LogP contribution in [0.4, 0.5) is 0 Å². The standard InChI is InChI=1S/C16H21NO2/c1-17(16(18)11-13-7-3-4-8-13)12-14-9-5-6-10-15(14)19-2/h3,5-7,9-10,13H,4,8,11-12H2,1-2H3/t13-/m0/s1. The number of para-hydroxylation sites is 1. The van der Waals surface area contributed by atoms with Gasteiger partial charge in [-0.2, -0.15) is 0 Å². The normalized spacial score (nSPS) is 17.5. The molecule has 0 heterocycles. The van der Waals surface area contributed by atoms with E-state index in [4.69, 9.17) is 4.74 Å². The molecule has 0 saturated heterocycles. The molecule has 1 aliphatic rings. The monoisotopic (exact) mass is 259 g/mol. The first-order valence-corrected chi connectivity index (χ1v) is 6.73. The Hall–Kier alpha value is -1.77. The number of methoxy groups -OCH3 is 1. The summed E-state index contributed by atoms with van der Waals surface area (Å²) in [5.41, 5.74) is 1.04. The maximum absolute atomic E-state index is 12.2. The van der Waals surface area contributed by atoms with Crippen LogP contribution in [-0.2, 0) is 11.3 Å². The Bertz CT molecular complexity index is 468. The van der Waals surface area contributed by atoms with Gasteiger partial charge < -0.3 is 9.64 Å². The van der Waals surface area contributed by atoms with Gasteiger partial charge in [0.2, 0.25) is 5.91 Å². The van der Waals surface area contributed by atoms with Crippen LogP contribution in [0.25, 0.3) is 0 Å². The second kappa shape index (κ2) is 6.41. The Morgan fingerprint density at radius 3 is 2.89 bits per heavy atom. The van der Waals surface area contributed by atoms with E-state index in [2.05, 4.69) is 12.2 Å². The topological polar surface area (TPSA) is 29.5 Å². The molecule has 0 aliphatic heterocycles. The average Bonchev–Trinajstić information content (AvgIpc) is 2.92. The fourth-order valence-corrected chi connectivity index (χ4v) is 2.42.